The van der Waals surface area contributed by atoms with Gasteiger partial charge in [-0.3, -0.25) is 0 Å². The number of nitrogens with zero attached hydrogens (tertiary/aromatic N) is 1. The number of benzene rings is 4. The maximum absolute atomic E-state index is 6.67. The smallest absolute Gasteiger partial charge is 0.256 e. The molecular formula is C31H28BNO. The zero-order valence-corrected chi connectivity index (χ0v) is 20.4. The Balaban J connectivity index is 1.66. The van der Waals surface area contributed by atoms with Crippen LogP contribution in [0.1, 0.15) is 51.7 Å². The Labute approximate surface area is 201 Å². The number of hydrogen-bond acceptors (Lipinski definition) is 1. The Morgan fingerprint density at radius 3 is 2.38 bits per heavy atom. The van der Waals surface area contributed by atoms with Crippen molar-refractivity contribution in [1.29, 1.82) is 0 Å². The first-order valence-corrected chi connectivity index (χ1v) is 12.4. The zero-order valence-electron chi connectivity index (χ0n) is 20.4. The van der Waals surface area contributed by atoms with E-state index in [1.54, 1.807) is 0 Å². The highest BCUT2D eigenvalue weighted by atomic mass is 16.5. The normalized spacial score (nSPS) is 13.9. The molecule has 0 radical (unpaired) electrons. The summed E-state index contributed by atoms with van der Waals surface area (Å²) in [5.41, 5.74) is 10.5. The van der Waals surface area contributed by atoms with Gasteiger partial charge in [0.1, 0.15) is 11.5 Å². The minimum absolute atomic E-state index is 0.0786. The van der Waals surface area contributed by atoms with Crippen LogP contribution in [0.2, 0.25) is 0 Å². The number of hydrogen-bond donors (Lipinski definition) is 0. The minimum Gasteiger partial charge on any atom is -0.458 e. The summed E-state index contributed by atoms with van der Waals surface area (Å²) in [7, 11) is 0. The standard InChI is InChI=1S/C31H28BNO/c1-18(2)19-15-26-29-28(16-19)34-27-14-13-20(31(3,4)5)17-24(27)32(29)23-11-8-10-22-21-9-6-7-12-25(21)33(26)30(22)23/h6-18H,1-5H3. The summed E-state index contributed by atoms with van der Waals surface area (Å²) in [5.74, 6) is 2.41. The maximum atomic E-state index is 6.67. The van der Waals surface area contributed by atoms with Gasteiger partial charge in [-0.05, 0) is 63.1 Å². The minimum atomic E-state index is 0.0786. The van der Waals surface area contributed by atoms with E-state index in [-0.39, 0.29) is 12.1 Å². The van der Waals surface area contributed by atoms with Crippen LogP contribution in [-0.4, -0.2) is 11.3 Å². The first kappa shape index (κ1) is 20.0. The molecule has 0 atom stereocenters. The summed E-state index contributed by atoms with van der Waals surface area (Å²) in [6, 6.07) is 27.1. The molecule has 3 heteroatoms. The number of ether oxygens (including phenoxy) is 1. The van der Waals surface area contributed by atoms with Crippen molar-refractivity contribution in [2.45, 2.75) is 46.0 Å². The van der Waals surface area contributed by atoms with Gasteiger partial charge in [0, 0.05) is 22.0 Å². The second-order valence-corrected chi connectivity index (χ2v) is 11.2. The van der Waals surface area contributed by atoms with E-state index in [0.29, 0.717) is 5.92 Å². The molecule has 0 saturated carbocycles. The SMILES string of the molecule is CC(C)c1cc2c3c(c1)-n1c4ccccc4c4cccc(c41)B3c1cc(C(C)(C)C)ccc1O2. The molecule has 2 aliphatic heterocycles. The van der Waals surface area contributed by atoms with Crippen molar-refractivity contribution < 1.29 is 4.74 Å². The third-order valence-corrected chi connectivity index (χ3v) is 7.78. The fourth-order valence-electron chi connectivity index (χ4n) is 5.98. The molecule has 3 heterocycles. The Morgan fingerprint density at radius 2 is 1.59 bits per heavy atom. The molecule has 0 N–H and O–H groups in total. The van der Waals surface area contributed by atoms with Crippen molar-refractivity contribution in [3.8, 4) is 17.2 Å². The van der Waals surface area contributed by atoms with Crippen LogP contribution < -0.4 is 21.1 Å². The van der Waals surface area contributed by atoms with Crippen LogP contribution in [0.15, 0.2) is 72.8 Å². The Bertz CT molecular complexity index is 1650. The van der Waals surface area contributed by atoms with E-state index in [4.69, 9.17) is 4.74 Å². The van der Waals surface area contributed by atoms with Crippen LogP contribution in [0.5, 0.6) is 11.5 Å². The zero-order chi connectivity index (χ0) is 23.4. The lowest BCUT2D eigenvalue weighted by Crippen LogP contribution is -2.58. The summed E-state index contributed by atoms with van der Waals surface area (Å²) in [4.78, 5) is 0. The molecule has 34 heavy (non-hydrogen) atoms. The first-order valence-electron chi connectivity index (χ1n) is 12.4. The summed E-state index contributed by atoms with van der Waals surface area (Å²) in [6.07, 6.45) is 0. The molecule has 0 aliphatic carbocycles. The predicted octanol–water partition coefficient (Wildman–Crippen LogP) is 6.14. The third-order valence-electron chi connectivity index (χ3n) is 7.78. The average Bonchev–Trinajstić information content (AvgIpc) is 3.16. The van der Waals surface area contributed by atoms with Crippen molar-refractivity contribution in [3.05, 3.63) is 83.9 Å². The largest absolute Gasteiger partial charge is 0.458 e. The fourth-order valence-corrected chi connectivity index (χ4v) is 5.98. The van der Waals surface area contributed by atoms with Crippen LogP contribution in [0.25, 0.3) is 27.5 Å². The second kappa shape index (κ2) is 6.57. The summed E-state index contributed by atoms with van der Waals surface area (Å²) in [6.45, 7) is 11.5. The highest BCUT2D eigenvalue weighted by molar-refractivity contribution is 6.99. The lowest BCUT2D eigenvalue weighted by atomic mass is 9.34. The van der Waals surface area contributed by atoms with E-state index in [0.717, 1.165) is 11.5 Å². The molecule has 5 aromatic rings. The molecule has 0 unspecified atom stereocenters. The predicted molar refractivity (Wildman–Crippen MR) is 145 cm³/mol. The first-order chi connectivity index (χ1) is 16.3. The van der Waals surface area contributed by atoms with Gasteiger partial charge >= 0.3 is 0 Å². The lowest BCUT2D eigenvalue weighted by Gasteiger charge is -2.35. The maximum Gasteiger partial charge on any atom is 0.256 e. The number of aromatic nitrogens is 1. The van der Waals surface area contributed by atoms with Crippen molar-refractivity contribution >= 4 is 44.9 Å². The quantitative estimate of drug-likeness (QED) is 0.279. The Morgan fingerprint density at radius 1 is 0.794 bits per heavy atom. The monoisotopic (exact) mass is 441 g/mol. The molecule has 0 saturated heterocycles. The van der Waals surface area contributed by atoms with Gasteiger partial charge < -0.3 is 9.30 Å². The highest BCUT2D eigenvalue weighted by Gasteiger charge is 2.41. The molecule has 1 aromatic heterocycles. The molecule has 2 aliphatic rings. The third kappa shape index (κ3) is 2.53. The van der Waals surface area contributed by atoms with Gasteiger partial charge in [-0.2, -0.15) is 0 Å². The second-order valence-electron chi connectivity index (χ2n) is 11.2. The molecule has 2 nitrogen and oxygen atoms in total. The van der Waals surface area contributed by atoms with Gasteiger partial charge in [0.25, 0.3) is 6.71 Å². The van der Waals surface area contributed by atoms with Crippen LogP contribution in [0.3, 0.4) is 0 Å². The summed E-state index contributed by atoms with van der Waals surface area (Å²) < 4.78 is 9.16. The van der Waals surface area contributed by atoms with E-state index in [1.807, 2.05) is 0 Å². The van der Waals surface area contributed by atoms with Crippen molar-refractivity contribution in [3.63, 3.8) is 0 Å². The van der Waals surface area contributed by atoms with Crippen molar-refractivity contribution in [2.24, 2.45) is 0 Å². The molecule has 0 spiro atoms. The van der Waals surface area contributed by atoms with Crippen LogP contribution >= 0.6 is 0 Å². The number of fused-ring (bicyclic) bond motifs is 7. The molecule has 7 rings (SSSR count). The van der Waals surface area contributed by atoms with E-state index in [2.05, 4.69) is 112 Å². The van der Waals surface area contributed by atoms with E-state index < -0.39 is 0 Å². The van der Waals surface area contributed by atoms with Gasteiger partial charge in [0.15, 0.2) is 0 Å². The van der Waals surface area contributed by atoms with Gasteiger partial charge in [0.2, 0.25) is 0 Å². The molecule has 4 aromatic carbocycles. The average molecular weight is 441 g/mol. The van der Waals surface area contributed by atoms with Gasteiger partial charge in [-0.25, -0.2) is 0 Å². The van der Waals surface area contributed by atoms with Crippen molar-refractivity contribution in [2.75, 3.05) is 0 Å². The molecular weight excluding hydrogens is 413 g/mol. The molecule has 0 amide bonds. The van der Waals surface area contributed by atoms with E-state index >= 15 is 0 Å². The fraction of sp³-hybridized carbons (Fsp3) is 0.226. The Kier molecular flexibility index (Phi) is 3.86. The summed E-state index contributed by atoms with van der Waals surface area (Å²) in [5, 5.41) is 2.64. The summed E-state index contributed by atoms with van der Waals surface area (Å²) >= 11 is 0. The molecule has 0 fully saturated rings. The molecule has 0 bridgehead atoms. The van der Waals surface area contributed by atoms with Crippen molar-refractivity contribution in [1.82, 2.24) is 4.57 Å². The highest BCUT2D eigenvalue weighted by Crippen LogP contribution is 2.39. The van der Waals surface area contributed by atoms with E-state index in [1.165, 1.54) is 55.0 Å². The van der Waals surface area contributed by atoms with Gasteiger partial charge in [-0.15, -0.1) is 0 Å². The lowest BCUT2D eigenvalue weighted by molar-refractivity contribution is 0.485. The number of rotatable bonds is 1. The number of para-hydroxylation sites is 2. The van der Waals surface area contributed by atoms with Crippen LogP contribution in [0, 0.1) is 0 Å². The van der Waals surface area contributed by atoms with Gasteiger partial charge in [-0.1, -0.05) is 83.1 Å². The van der Waals surface area contributed by atoms with Gasteiger partial charge in [0.05, 0.1) is 5.52 Å². The van der Waals surface area contributed by atoms with Crippen LogP contribution in [-0.2, 0) is 5.41 Å². The Hall–Kier alpha value is -3.46. The topological polar surface area (TPSA) is 14.2 Å². The molecule has 166 valence electrons. The van der Waals surface area contributed by atoms with E-state index in [9.17, 15) is 0 Å². The van der Waals surface area contributed by atoms with Crippen LogP contribution in [0.4, 0.5) is 0 Å².